The lowest BCUT2D eigenvalue weighted by Crippen LogP contribution is -2.22. The smallest absolute Gasteiger partial charge is 0.251 e. The Morgan fingerprint density at radius 3 is 2.55 bits per heavy atom. The summed E-state index contributed by atoms with van der Waals surface area (Å²) in [5.74, 6) is 0.620. The number of rotatable bonds is 6. The molecular formula is C24H21N7O2. The summed E-state index contributed by atoms with van der Waals surface area (Å²) in [6, 6.07) is 17.2. The van der Waals surface area contributed by atoms with E-state index in [0.717, 1.165) is 22.2 Å². The number of nitrogens with one attached hydrogen (secondary N) is 1. The average molecular weight is 439 g/mol. The summed E-state index contributed by atoms with van der Waals surface area (Å²) in [5.41, 5.74) is 11.3. The zero-order valence-electron chi connectivity index (χ0n) is 17.9. The number of aromatic nitrogens is 5. The first-order chi connectivity index (χ1) is 16.2. The van der Waals surface area contributed by atoms with Crippen LogP contribution in [0.15, 0.2) is 71.6 Å². The molecule has 5 rings (SSSR count). The molecule has 0 saturated carbocycles. The molecule has 0 fully saturated rings. The molecule has 0 unspecified atom stereocenters. The molecule has 2 aromatic carbocycles. The van der Waals surface area contributed by atoms with Crippen LogP contribution >= 0.6 is 0 Å². The SMILES string of the molecule is CCn1c(-c2nonc2N)nc2cncc(-c3ccc(C(=O)NCc4ccccc4)cc3)c21. The van der Waals surface area contributed by atoms with Crippen LogP contribution in [0.4, 0.5) is 5.82 Å². The number of hydrogen-bond acceptors (Lipinski definition) is 7. The first-order valence-corrected chi connectivity index (χ1v) is 10.5. The summed E-state index contributed by atoms with van der Waals surface area (Å²) in [7, 11) is 0. The van der Waals surface area contributed by atoms with E-state index >= 15 is 0 Å². The molecule has 0 radical (unpaired) electrons. The third kappa shape index (κ3) is 3.80. The Kier molecular flexibility index (Phi) is 5.27. The number of nitrogens with zero attached hydrogens (tertiary/aromatic N) is 5. The monoisotopic (exact) mass is 439 g/mol. The molecule has 0 bridgehead atoms. The fourth-order valence-electron chi connectivity index (χ4n) is 3.82. The number of carbonyl (C=O) groups is 1. The van der Waals surface area contributed by atoms with Crippen LogP contribution in [0.5, 0.6) is 0 Å². The highest BCUT2D eigenvalue weighted by Gasteiger charge is 2.21. The fraction of sp³-hybridized carbons (Fsp3) is 0.125. The van der Waals surface area contributed by atoms with Crippen molar-refractivity contribution in [1.82, 2.24) is 30.2 Å². The number of nitrogens with two attached hydrogens (primary N) is 1. The van der Waals surface area contributed by atoms with Crippen molar-refractivity contribution in [3.8, 4) is 22.6 Å². The minimum absolute atomic E-state index is 0.128. The first kappa shape index (κ1) is 20.4. The molecule has 0 aliphatic carbocycles. The fourth-order valence-corrected chi connectivity index (χ4v) is 3.82. The van der Waals surface area contributed by atoms with E-state index < -0.39 is 0 Å². The van der Waals surface area contributed by atoms with Crippen LogP contribution in [0, 0.1) is 0 Å². The third-order valence-corrected chi connectivity index (χ3v) is 5.45. The molecule has 164 valence electrons. The molecule has 3 aromatic heterocycles. The summed E-state index contributed by atoms with van der Waals surface area (Å²) in [6.07, 6.45) is 3.48. The van der Waals surface area contributed by atoms with Gasteiger partial charge in [0, 0.05) is 30.4 Å². The molecule has 0 atom stereocenters. The van der Waals surface area contributed by atoms with Gasteiger partial charge in [0.2, 0.25) is 0 Å². The van der Waals surface area contributed by atoms with Gasteiger partial charge in [0.1, 0.15) is 5.52 Å². The second kappa shape index (κ2) is 8.54. The van der Waals surface area contributed by atoms with Crippen LogP contribution in [0.2, 0.25) is 0 Å². The molecule has 1 amide bonds. The van der Waals surface area contributed by atoms with Crippen molar-refractivity contribution in [1.29, 1.82) is 0 Å². The molecule has 0 spiro atoms. The van der Waals surface area contributed by atoms with Crippen LogP contribution < -0.4 is 11.1 Å². The van der Waals surface area contributed by atoms with Crippen LogP contribution in [-0.2, 0) is 13.1 Å². The van der Waals surface area contributed by atoms with Crippen molar-refractivity contribution in [3.05, 3.63) is 78.1 Å². The van der Waals surface area contributed by atoms with Crippen LogP contribution in [0.25, 0.3) is 33.7 Å². The van der Waals surface area contributed by atoms with Crippen molar-refractivity contribution < 1.29 is 9.42 Å². The van der Waals surface area contributed by atoms with Gasteiger partial charge in [0.05, 0.1) is 11.7 Å². The lowest BCUT2D eigenvalue weighted by atomic mass is 10.0. The normalized spacial score (nSPS) is 11.1. The van der Waals surface area contributed by atoms with Gasteiger partial charge in [0.15, 0.2) is 17.3 Å². The van der Waals surface area contributed by atoms with Crippen molar-refractivity contribution in [2.75, 3.05) is 5.73 Å². The Hall–Kier alpha value is -4.53. The van der Waals surface area contributed by atoms with E-state index in [1.54, 1.807) is 12.4 Å². The number of hydrogen-bond donors (Lipinski definition) is 2. The number of pyridine rings is 1. The zero-order valence-corrected chi connectivity index (χ0v) is 17.9. The van der Waals surface area contributed by atoms with Gasteiger partial charge in [-0.1, -0.05) is 42.5 Å². The summed E-state index contributed by atoms with van der Waals surface area (Å²) < 4.78 is 6.76. The number of fused-ring (bicyclic) bond motifs is 1. The van der Waals surface area contributed by atoms with E-state index in [0.29, 0.717) is 35.7 Å². The molecular weight excluding hydrogens is 418 g/mol. The van der Waals surface area contributed by atoms with Gasteiger partial charge in [0.25, 0.3) is 5.91 Å². The predicted octanol–water partition coefficient (Wildman–Crippen LogP) is 3.68. The maximum atomic E-state index is 12.6. The largest absolute Gasteiger partial charge is 0.379 e. The van der Waals surface area contributed by atoms with Gasteiger partial charge in [-0.3, -0.25) is 9.78 Å². The van der Waals surface area contributed by atoms with Crippen LogP contribution in [0.1, 0.15) is 22.8 Å². The Morgan fingerprint density at radius 1 is 1.06 bits per heavy atom. The van der Waals surface area contributed by atoms with E-state index in [9.17, 15) is 4.79 Å². The molecule has 3 N–H and O–H groups in total. The minimum Gasteiger partial charge on any atom is -0.379 e. The number of anilines is 1. The summed E-state index contributed by atoms with van der Waals surface area (Å²) in [6.45, 7) is 3.12. The first-order valence-electron chi connectivity index (χ1n) is 10.5. The number of nitrogen functional groups attached to an aromatic ring is 1. The Balaban J connectivity index is 1.46. The molecule has 0 saturated heterocycles. The Labute approximate surface area is 189 Å². The van der Waals surface area contributed by atoms with E-state index in [1.165, 1.54) is 0 Å². The third-order valence-electron chi connectivity index (χ3n) is 5.45. The molecule has 9 heteroatoms. The minimum atomic E-state index is -0.128. The topological polar surface area (TPSA) is 125 Å². The van der Waals surface area contributed by atoms with Gasteiger partial charge < -0.3 is 15.6 Å². The second-order valence-corrected chi connectivity index (χ2v) is 7.48. The molecule has 0 aliphatic rings. The molecule has 9 nitrogen and oxygen atoms in total. The lowest BCUT2D eigenvalue weighted by molar-refractivity contribution is 0.0951. The van der Waals surface area contributed by atoms with E-state index in [2.05, 4.69) is 25.6 Å². The summed E-state index contributed by atoms with van der Waals surface area (Å²) in [4.78, 5) is 21.6. The Bertz CT molecular complexity index is 1420. The van der Waals surface area contributed by atoms with Gasteiger partial charge in [-0.2, -0.15) is 0 Å². The highest BCUT2D eigenvalue weighted by molar-refractivity contribution is 5.97. The standard InChI is InChI=1S/C24H21N7O2/c1-2-31-21-18(13-26-14-19(21)28-23(31)20-22(25)30-33-29-20)16-8-10-17(11-9-16)24(32)27-12-15-6-4-3-5-7-15/h3-11,13-14H,2,12H2,1H3,(H2,25,30)(H,27,32). The molecule has 0 aliphatic heterocycles. The van der Waals surface area contributed by atoms with Crippen molar-refractivity contribution in [2.45, 2.75) is 20.0 Å². The molecule has 5 aromatic rings. The zero-order chi connectivity index (χ0) is 22.8. The number of benzene rings is 2. The number of amides is 1. The van der Waals surface area contributed by atoms with Crippen LogP contribution in [0.3, 0.4) is 0 Å². The van der Waals surface area contributed by atoms with Crippen LogP contribution in [-0.4, -0.2) is 30.8 Å². The molecule has 3 heterocycles. The van der Waals surface area contributed by atoms with E-state index in [1.807, 2.05) is 66.1 Å². The van der Waals surface area contributed by atoms with Gasteiger partial charge in [-0.05, 0) is 40.5 Å². The number of aryl methyl sites for hydroxylation is 1. The van der Waals surface area contributed by atoms with Gasteiger partial charge in [-0.15, -0.1) is 0 Å². The summed E-state index contributed by atoms with van der Waals surface area (Å²) >= 11 is 0. The average Bonchev–Trinajstić information content (AvgIpc) is 3.45. The van der Waals surface area contributed by atoms with Gasteiger partial charge in [-0.25, -0.2) is 9.61 Å². The van der Waals surface area contributed by atoms with E-state index in [-0.39, 0.29) is 11.7 Å². The summed E-state index contributed by atoms with van der Waals surface area (Å²) in [5, 5.41) is 10.5. The quantitative estimate of drug-likeness (QED) is 0.413. The maximum Gasteiger partial charge on any atom is 0.251 e. The number of imidazole rings is 1. The lowest BCUT2D eigenvalue weighted by Gasteiger charge is -2.10. The van der Waals surface area contributed by atoms with Gasteiger partial charge >= 0.3 is 0 Å². The predicted molar refractivity (Wildman–Crippen MR) is 124 cm³/mol. The molecule has 33 heavy (non-hydrogen) atoms. The Morgan fingerprint density at radius 2 is 1.85 bits per heavy atom. The van der Waals surface area contributed by atoms with Crippen molar-refractivity contribution in [3.63, 3.8) is 0 Å². The highest BCUT2D eigenvalue weighted by Crippen LogP contribution is 2.32. The maximum absolute atomic E-state index is 12.6. The van der Waals surface area contributed by atoms with E-state index in [4.69, 9.17) is 10.4 Å². The second-order valence-electron chi connectivity index (χ2n) is 7.48. The van der Waals surface area contributed by atoms with Crippen molar-refractivity contribution >= 4 is 22.8 Å². The highest BCUT2D eigenvalue weighted by atomic mass is 16.6. The number of carbonyl (C=O) groups excluding carboxylic acids is 1. The van der Waals surface area contributed by atoms with Crippen molar-refractivity contribution in [2.24, 2.45) is 0 Å².